The maximum atomic E-state index is 13.7. The summed E-state index contributed by atoms with van der Waals surface area (Å²) in [6, 6.07) is 9.74. The summed E-state index contributed by atoms with van der Waals surface area (Å²) < 4.78 is 15.0. The number of piperazine rings is 1. The van der Waals surface area contributed by atoms with Crippen LogP contribution in [0, 0.1) is 5.82 Å². The highest BCUT2D eigenvalue weighted by atomic mass is 35.5. The lowest BCUT2D eigenvalue weighted by atomic mass is 10.0. The van der Waals surface area contributed by atoms with Gasteiger partial charge in [0.2, 0.25) is 0 Å². The summed E-state index contributed by atoms with van der Waals surface area (Å²) >= 11 is 6.56. The number of fused-ring (bicyclic) bond motifs is 1. The number of benzene rings is 2. The topological polar surface area (TPSA) is 65.9 Å². The molecule has 1 aliphatic rings. The molecule has 1 fully saturated rings. The molecule has 36 heavy (non-hydrogen) atoms. The molecule has 2 amide bonds. The summed E-state index contributed by atoms with van der Waals surface area (Å²) in [6.45, 7) is 5.85. The molecule has 9 heteroatoms. The lowest BCUT2D eigenvalue weighted by Gasteiger charge is -2.44. The zero-order valence-electron chi connectivity index (χ0n) is 21.1. The first-order valence-electron chi connectivity index (χ1n) is 11.8. The highest BCUT2D eigenvalue weighted by Gasteiger charge is 2.34. The van der Waals surface area contributed by atoms with Gasteiger partial charge < -0.3 is 14.4 Å². The van der Waals surface area contributed by atoms with Gasteiger partial charge in [-0.25, -0.2) is 4.39 Å². The Morgan fingerprint density at radius 2 is 1.69 bits per heavy atom. The minimum absolute atomic E-state index is 0.0734. The average molecular weight is 513 g/mol. The lowest BCUT2D eigenvalue weighted by Crippen LogP contribution is -2.57. The second-order valence-corrected chi connectivity index (χ2v) is 10.2. The van der Waals surface area contributed by atoms with E-state index in [0.717, 1.165) is 5.56 Å². The third-order valence-corrected chi connectivity index (χ3v) is 7.14. The van der Waals surface area contributed by atoms with Crippen LogP contribution in [0.2, 0.25) is 5.02 Å². The molecule has 0 spiro atoms. The smallest absolute Gasteiger partial charge is 0.294 e. The van der Waals surface area contributed by atoms with E-state index in [9.17, 15) is 18.8 Å². The highest BCUT2D eigenvalue weighted by Crippen LogP contribution is 2.30. The van der Waals surface area contributed by atoms with E-state index in [4.69, 9.17) is 11.6 Å². The summed E-state index contributed by atoms with van der Waals surface area (Å²) in [7, 11) is 4.81. The van der Waals surface area contributed by atoms with Crippen LogP contribution in [0.5, 0.6) is 0 Å². The first-order valence-corrected chi connectivity index (χ1v) is 12.2. The van der Waals surface area contributed by atoms with Crippen molar-refractivity contribution < 1.29 is 18.8 Å². The van der Waals surface area contributed by atoms with Gasteiger partial charge in [0, 0.05) is 64.4 Å². The first-order chi connectivity index (χ1) is 17.0. The second kappa shape index (κ2) is 10.0. The van der Waals surface area contributed by atoms with Crippen molar-refractivity contribution in [2.24, 2.45) is 7.05 Å². The van der Waals surface area contributed by atoms with Crippen LogP contribution in [0.25, 0.3) is 10.9 Å². The van der Waals surface area contributed by atoms with Crippen LogP contribution in [0.15, 0.2) is 42.6 Å². The Morgan fingerprint density at radius 3 is 2.33 bits per heavy atom. The number of nitrogens with zero attached hydrogens (tertiary/aromatic N) is 4. The molecule has 3 aromatic rings. The molecule has 0 unspecified atom stereocenters. The number of aryl methyl sites for hydroxylation is 1. The number of carbonyl (C=O) groups excluding carboxylic acids is 3. The number of amides is 2. The predicted molar refractivity (Wildman–Crippen MR) is 138 cm³/mol. The number of rotatable bonds is 5. The molecule has 4 rings (SSSR count). The number of aromatic nitrogens is 1. The molecular formula is C27H30ClFN4O3. The van der Waals surface area contributed by atoms with E-state index in [1.165, 1.54) is 31.1 Å². The summed E-state index contributed by atoms with van der Waals surface area (Å²) in [5.41, 5.74) is 2.21. The van der Waals surface area contributed by atoms with Crippen LogP contribution in [0.1, 0.15) is 40.1 Å². The van der Waals surface area contributed by atoms with Gasteiger partial charge in [0.05, 0.1) is 21.7 Å². The van der Waals surface area contributed by atoms with E-state index < -0.39 is 11.7 Å². The van der Waals surface area contributed by atoms with Crippen LogP contribution in [-0.2, 0) is 18.4 Å². The third kappa shape index (κ3) is 4.88. The van der Waals surface area contributed by atoms with E-state index in [2.05, 4.69) is 11.8 Å². The van der Waals surface area contributed by atoms with Crippen LogP contribution < -0.4 is 0 Å². The van der Waals surface area contributed by atoms with Crippen molar-refractivity contribution in [3.05, 3.63) is 70.1 Å². The largest absolute Gasteiger partial charge is 0.350 e. The molecule has 1 saturated heterocycles. The normalized spacial score (nSPS) is 18.5. The van der Waals surface area contributed by atoms with Gasteiger partial charge in [0.15, 0.2) is 0 Å². The molecule has 0 saturated carbocycles. The maximum Gasteiger partial charge on any atom is 0.294 e. The minimum Gasteiger partial charge on any atom is -0.350 e. The van der Waals surface area contributed by atoms with Crippen LogP contribution >= 0.6 is 11.6 Å². The molecular weight excluding hydrogens is 483 g/mol. The Morgan fingerprint density at radius 1 is 1.03 bits per heavy atom. The Labute approximate surface area is 215 Å². The summed E-state index contributed by atoms with van der Waals surface area (Å²) in [6.07, 6.45) is 1.60. The monoisotopic (exact) mass is 512 g/mol. The molecule has 1 aliphatic heterocycles. The standard InChI is InChI=1S/C27H30ClFN4O3/c1-16-13-33(17(2)12-32(16)14-18-6-8-19(29)9-7-18)26(35)21-10-20-22(25(34)27(36)30(3)4)15-31(5)24(20)11-23(21)28/h6-11,15-17H,12-14H2,1-5H3/t16-,17-/m1/s1. The van der Waals surface area contributed by atoms with Crippen molar-refractivity contribution in [2.45, 2.75) is 32.5 Å². The van der Waals surface area contributed by atoms with Gasteiger partial charge in [-0.05, 0) is 43.7 Å². The molecule has 190 valence electrons. The summed E-state index contributed by atoms with van der Waals surface area (Å²) in [5.74, 6) is -1.75. The Bertz CT molecular complexity index is 1340. The molecule has 2 aromatic carbocycles. The van der Waals surface area contributed by atoms with Gasteiger partial charge in [-0.15, -0.1) is 0 Å². The van der Waals surface area contributed by atoms with Gasteiger partial charge in [0.25, 0.3) is 17.6 Å². The van der Waals surface area contributed by atoms with Crippen LogP contribution in [0.3, 0.4) is 0 Å². The number of carbonyl (C=O) groups is 3. The van der Waals surface area contributed by atoms with Gasteiger partial charge >= 0.3 is 0 Å². The van der Waals surface area contributed by atoms with Gasteiger partial charge in [-0.1, -0.05) is 23.7 Å². The number of hydrogen-bond donors (Lipinski definition) is 0. The minimum atomic E-state index is -0.636. The first kappa shape index (κ1) is 25.9. The Balaban J connectivity index is 1.60. The Kier molecular flexibility index (Phi) is 7.20. The predicted octanol–water partition coefficient (Wildman–Crippen LogP) is 3.98. The van der Waals surface area contributed by atoms with E-state index in [0.29, 0.717) is 41.1 Å². The van der Waals surface area contributed by atoms with Gasteiger partial charge in [-0.3, -0.25) is 19.3 Å². The number of likely N-dealkylation sites (N-methyl/N-ethyl adjacent to an activating group) is 1. The van der Waals surface area contributed by atoms with Crippen molar-refractivity contribution >= 4 is 40.1 Å². The zero-order chi connectivity index (χ0) is 26.3. The van der Waals surface area contributed by atoms with E-state index in [1.807, 2.05) is 6.92 Å². The van der Waals surface area contributed by atoms with Gasteiger partial charge in [-0.2, -0.15) is 0 Å². The second-order valence-electron chi connectivity index (χ2n) is 9.74. The number of Topliss-reactive ketones (excluding diaryl/α,β-unsaturated/α-hetero) is 1. The lowest BCUT2D eigenvalue weighted by molar-refractivity contribution is -0.124. The molecule has 1 aromatic heterocycles. The highest BCUT2D eigenvalue weighted by molar-refractivity contribution is 6.45. The number of ketones is 1. The molecule has 0 bridgehead atoms. The fourth-order valence-corrected chi connectivity index (χ4v) is 4.99. The fraction of sp³-hybridized carbons (Fsp3) is 0.370. The van der Waals surface area contributed by atoms with Crippen molar-refractivity contribution in [1.82, 2.24) is 19.3 Å². The van der Waals surface area contributed by atoms with Crippen molar-refractivity contribution in [1.29, 1.82) is 0 Å². The SMILES string of the molecule is C[C@@H]1CN(C(=O)c2cc3c(C(=O)C(=O)N(C)C)cn(C)c3cc2Cl)[C@H](C)CN1Cc1ccc(F)cc1. The average Bonchev–Trinajstić information content (AvgIpc) is 3.15. The van der Waals surface area contributed by atoms with E-state index in [-0.39, 0.29) is 29.4 Å². The summed E-state index contributed by atoms with van der Waals surface area (Å²) in [5, 5.41) is 0.807. The molecule has 0 aliphatic carbocycles. The third-order valence-electron chi connectivity index (χ3n) is 6.83. The van der Waals surface area contributed by atoms with Crippen LogP contribution in [0.4, 0.5) is 4.39 Å². The van der Waals surface area contributed by atoms with Gasteiger partial charge in [0.1, 0.15) is 5.82 Å². The van der Waals surface area contributed by atoms with E-state index >= 15 is 0 Å². The van der Waals surface area contributed by atoms with Crippen molar-refractivity contribution in [3.63, 3.8) is 0 Å². The number of halogens is 2. The van der Waals surface area contributed by atoms with Crippen molar-refractivity contribution in [3.8, 4) is 0 Å². The van der Waals surface area contributed by atoms with Crippen LogP contribution in [-0.4, -0.2) is 76.1 Å². The molecule has 0 N–H and O–H groups in total. The molecule has 0 radical (unpaired) electrons. The Hall–Kier alpha value is -3.23. The van der Waals surface area contributed by atoms with Crippen molar-refractivity contribution in [2.75, 3.05) is 27.2 Å². The zero-order valence-corrected chi connectivity index (χ0v) is 21.8. The summed E-state index contributed by atoms with van der Waals surface area (Å²) in [4.78, 5) is 44.1. The maximum absolute atomic E-state index is 13.7. The molecule has 2 atom stereocenters. The fourth-order valence-electron chi connectivity index (χ4n) is 4.75. The molecule has 7 nitrogen and oxygen atoms in total. The molecule has 2 heterocycles. The quantitative estimate of drug-likeness (QED) is 0.383. The van der Waals surface area contributed by atoms with E-state index in [1.54, 1.807) is 47.0 Å². The number of hydrogen-bond acceptors (Lipinski definition) is 4.